The van der Waals surface area contributed by atoms with Crippen molar-refractivity contribution < 1.29 is 9.59 Å². The molecule has 2 saturated heterocycles. The second-order valence-corrected chi connectivity index (χ2v) is 5.30. The van der Waals surface area contributed by atoms with E-state index in [1.807, 2.05) is 9.80 Å². The van der Waals surface area contributed by atoms with Crippen LogP contribution >= 0.6 is 0 Å². The molecule has 5 nitrogen and oxygen atoms in total. The fourth-order valence-electron chi connectivity index (χ4n) is 3.24. The maximum atomic E-state index is 12.3. The van der Waals surface area contributed by atoms with Gasteiger partial charge in [0, 0.05) is 32.1 Å². The van der Waals surface area contributed by atoms with Crippen LogP contribution in [0.5, 0.6) is 0 Å². The molecule has 3 rings (SSSR count). The van der Waals surface area contributed by atoms with Gasteiger partial charge in [0.2, 0.25) is 5.91 Å². The molecular weight excluding hydrogens is 218 g/mol. The number of hydrogen-bond donors (Lipinski definition) is 1. The van der Waals surface area contributed by atoms with E-state index in [4.69, 9.17) is 0 Å². The molecule has 0 aromatic rings. The number of carbonyl (C=O) groups excluding carboxylic acids is 2. The first-order valence-corrected chi connectivity index (χ1v) is 6.59. The predicted octanol–water partition coefficient (Wildman–Crippen LogP) is 0.413. The van der Waals surface area contributed by atoms with E-state index >= 15 is 0 Å². The third-order valence-corrected chi connectivity index (χ3v) is 4.25. The number of carbonyl (C=O) groups is 2. The summed E-state index contributed by atoms with van der Waals surface area (Å²) in [7, 11) is 0. The van der Waals surface area contributed by atoms with Gasteiger partial charge in [-0.3, -0.25) is 4.79 Å². The Hall–Kier alpha value is -1.26. The summed E-state index contributed by atoms with van der Waals surface area (Å²) >= 11 is 0. The van der Waals surface area contributed by atoms with Crippen LogP contribution < -0.4 is 5.32 Å². The molecule has 94 valence electrons. The van der Waals surface area contributed by atoms with E-state index in [9.17, 15) is 9.59 Å². The zero-order valence-electron chi connectivity index (χ0n) is 10.0. The lowest BCUT2D eigenvalue weighted by molar-refractivity contribution is -0.137. The lowest BCUT2D eigenvalue weighted by Crippen LogP contribution is -2.54. The van der Waals surface area contributed by atoms with Gasteiger partial charge in [0.15, 0.2) is 0 Å². The highest BCUT2D eigenvalue weighted by Gasteiger charge is 2.38. The first kappa shape index (κ1) is 10.9. The Morgan fingerprint density at radius 3 is 2.76 bits per heavy atom. The van der Waals surface area contributed by atoms with Gasteiger partial charge in [-0.05, 0) is 12.8 Å². The molecule has 2 aliphatic heterocycles. The summed E-state index contributed by atoms with van der Waals surface area (Å²) in [6.45, 7) is 2.80. The largest absolute Gasteiger partial charge is 0.339 e. The Morgan fingerprint density at radius 2 is 2.00 bits per heavy atom. The molecular formula is C12H19N3O2. The van der Waals surface area contributed by atoms with Gasteiger partial charge in [-0.25, -0.2) is 4.79 Å². The van der Waals surface area contributed by atoms with Gasteiger partial charge >= 0.3 is 6.03 Å². The van der Waals surface area contributed by atoms with E-state index in [0.717, 1.165) is 12.8 Å². The minimum Gasteiger partial charge on any atom is -0.339 e. The molecule has 0 bridgehead atoms. The predicted molar refractivity (Wildman–Crippen MR) is 62.4 cm³/mol. The lowest BCUT2D eigenvalue weighted by atomic mass is 10.1. The first-order chi connectivity index (χ1) is 8.25. The Bertz CT molecular complexity index is 339. The van der Waals surface area contributed by atoms with Crippen molar-refractivity contribution in [3.63, 3.8) is 0 Å². The van der Waals surface area contributed by atoms with Crippen molar-refractivity contribution >= 4 is 11.9 Å². The summed E-state index contributed by atoms with van der Waals surface area (Å²) in [6, 6.07) is 0.226. The van der Waals surface area contributed by atoms with Crippen molar-refractivity contribution in [3.8, 4) is 0 Å². The van der Waals surface area contributed by atoms with Gasteiger partial charge in [-0.2, -0.15) is 0 Å². The number of piperazine rings is 1. The van der Waals surface area contributed by atoms with E-state index < -0.39 is 0 Å². The van der Waals surface area contributed by atoms with Gasteiger partial charge in [0.05, 0.1) is 6.04 Å². The van der Waals surface area contributed by atoms with E-state index in [-0.39, 0.29) is 18.0 Å². The molecule has 3 fully saturated rings. The molecule has 5 heteroatoms. The Labute approximate surface area is 101 Å². The Kier molecular flexibility index (Phi) is 2.68. The molecule has 3 aliphatic rings. The van der Waals surface area contributed by atoms with E-state index in [0.29, 0.717) is 32.1 Å². The van der Waals surface area contributed by atoms with Crippen molar-refractivity contribution in [2.24, 2.45) is 5.92 Å². The molecule has 0 radical (unpaired) electrons. The van der Waals surface area contributed by atoms with Crippen LogP contribution in [0.4, 0.5) is 4.79 Å². The second-order valence-electron chi connectivity index (χ2n) is 5.30. The minimum absolute atomic E-state index is 0.0305. The van der Waals surface area contributed by atoms with Crippen LogP contribution in [-0.2, 0) is 4.79 Å². The number of nitrogens with zero attached hydrogens (tertiary/aromatic N) is 2. The number of urea groups is 1. The maximum absolute atomic E-state index is 12.3. The number of amides is 3. The molecule has 1 saturated carbocycles. The van der Waals surface area contributed by atoms with Crippen LogP contribution in [-0.4, -0.2) is 54.0 Å². The number of fused-ring (bicyclic) bond motifs is 1. The highest BCUT2D eigenvalue weighted by Crippen LogP contribution is 2.27. The van der Waals surface area contributed by atoms with Crippen LogP contribution in [0.25, 0.3) is 0 Å². The molecule has 0 aromatic carbocycles. The highest BCUT2D eigenvalue weighted by molar-refractivity contribution is 5.81. The zero-order chi connectivity index (χ0) is 11.8. The van der Waals surface area contributed by atoms with Crippen molar-refractivity contribution in [2.45, 2.75) is 31.7 Å². The summed E-state index contributed by atoms with van der Waals surface area (Å²) < 4.78 is 0. The highest BCUT2D eigenvalue weighted by atomic mass is 16.2. The summed E-state index contributed by atoms with van der Waals surface area (Å²) in [6.07, 6.45) is 4.50. The summed E-state index contributed by atoms with van der Waals surface area (Å²) in [4.78, 5) is 27.6. The van der Waals surface area contributed by atoms with Crippen LogP contribution in [0.2, 0.25) is 0 Å². The van der Waals surface area contributed by atoms with Gasteiger partial charge < -0.3 is 15.1 Å². The van der Waals surface area contributed by atoms with E-state index in [1.54, 1.807) is 0 Å². The van der Waals surface area contributed by atoms with Gasteiger partial charge in [-0.15, -0.1) is 0 Å². The monoisotopic (exact) mass is 237 g/mol. The molecule has 1 unspecified atom stereocenters. The lowest BCUT2D eigenvalue weighted by Gasteiger charge is -2.37. The van der Waals surface area contributed by atoms with Crippen LogP contribution in [0.1, 0.15) is 25.7 Å². The number of rotatable bonds is 1. The Balaban J connectivity index is 1.62. The maximum Gasteiger partial charge on any atom is 0.317 e. The SMILES string of the molecule is O=C(C1CCCC1)N1CCN2C(=O)NCC2C1. The van der Waals surface area contributed by atoms with Crippen LogP contribution in [0, 0.1) is 5.92 Å². The molecule has 1 N–H and O–H groups in total. The summed E-state index contributed by atoms with van der Waals surface area (Å²) in [5, 5.41) is 2.84. The smallest absolute Gasteiger partial charge is 0.317 e. The number of hydrogen-bond acceptors (Lipinski definition) is 2. The molecule has 0 spiro atoms. The summed E-state index contributed by atoms with van der Waals surface area (Å²) in [5.74, 6) is 0.577. The van der Waals surface area contributed by atoms with Crippen molar-refractivity contribution in [3.05, 3.63) is 0 Å². The van der Waals surface area contributed by atoms with Crippen molar-refractivity contribution in [2.75, 3.05) is 26.2 Å². The first-order valence-electron chi connectivity index (χ1n) is 6.59. The fourth-order valence-corrected chi connectivity index (χ4v) is 3.24. The molecule has 3 amide bonds. The quantitative estimate of drug-likeness (QED) is 0.718. The van der Waals surface area contributed by atoms with Gasteiger partial charge in [0.25, 0.3) is 0 Å². The van der Waals surface area contributed by atoms with Gasteiger partial charge in [0.1, 0.15) is 0 Å². The average Bonchev–Trinajstić information content (AvgIpc) is 2.98. The van der Waals surface area contributed by atoms with E-state index in [2.05, 4.69) is 5.32 Å². The van der Waals surface area contributed by atoms with Crippen molar-refractivity contribution in [1.29, 1.82) is 0 Å². The van der Waals surface area contributed by atoms with Crippen molar-refractivity contribution in [1.82, 2.24) is 15.1 Å². The molecule has 0 aromatic heterocycles. The molecule has 1 aliphatic carbocycles. The fraction of sp³-hybridized carbons (Fsp3) is 0.833. The van der Waals surface area contributed by atoms with Gasteiger partial charge in [-0.1, -0.05) is 12.8 Å². The topological polar surface area (TPSA) is 52.7 Å². The Morgan fingerprint density at radius 1 is 1.24 bits per heavy atom. The number of nitrogens with one attached hydrogen (secondary N) is 1. The van der Waals surface area contributed by atoms with E-state index in [1.165, 1.54) is 12.8 Å². The minimum atomic E-state index is 0.0305. The molecule has 17 heavy (non-hydrogen) atoms. The second kappa shape index (κ2) is 4.20. The van der Waals surface area contributed by atoms with Crippen LogP contribution in [0.3, 0.4) is 0 Å². The zero-order valence-corrected chi connectivity index (χ0v) is 10.0. The third kappa shape index (κ3) is 1.87. The summed E-state index contributed by atoms with van der Waals surface area (Å²) in [5.41, 5.74) is 0. The molecule has 2 heterocycles. The van der Waals surface area contributed by atoms with Crippen LogP contribution in [0.15, 0.2) is 0 Å². The average molecular weight is 237 g/mol. The third-order valence-electron chi connectivity index (χ3n) is 4.25. The standard InChI is InChI=1S/C12H19N3O2/c16-11(9-3-1-2-4-9)14-5-6-15-10(8-14)7-13-12(15)17/h9-10H,1-8H2,(H,13,17). The molecule has 1 atom stereocenters. The normalized spacial score (nSPS) is 29.4.